The van der Waals surface area contributed by atoms with Crippen molar-refractivity contribution in [1.29, 1.82) is 0 Å². The molecule has 0 fully saturated rings. The summed E-state index contributed by atoms with van der Waals surface area (Å²) in [5.41, 5.74) is 3.93. The number of allylic oxidation sites excluding steroid dienone is 2. The van der Waals surface area contributed by atoms with Crippen molar-refractivity contribution in [2.75, 3.05) is 6.54 Å². The van der Waals surface area contributed by atoms with Crippen LogP contribution in [0, 0.1) is 12.7 Å². The predicted octanol–water partition coefficient (Wildman–Crippen LogP) is 5.07. The van der Waals surface area contributed by atoms with Crippen LogP contribution in [0.2, 0.25) is 5.02 Å². The normalized spacial score (nSPS) is 16.3. The van der Waals surface area contributed by atoms with Gasteiger partial charge in [-0.1, -0.05) is 24.9 Å². The van der Waals surface area contributed by atoms with Crippen LogP contribution in [0.3, 0.4) is 0 Å². The molecule has 0 amide bonds. The van der Waals surface area contributed by atoms with E-state index < -0.39 is 0 Å². The number of hydrogen-bond donors (Lipinski definition) is 2. The van der Waals surface area contributed by atoms with Crippen molar-refractivity contribution in [2.45, 2.75) is 32.9 Å². The Kier molecular flexibility index (Phi) is 6.07. The standard InChI is InChI=1S/C21H23ClFN3/c1-3-4-8-24-20-11-15(7-9-25-20)17-10-14(2)13-26-21(17)18-12-16(22)5-6-19(18)23/h5-7,9-13,20,24-25H,3-4,8H2,1-2H3. The Morgan fingerprint density at radius 2 is 2.12 bits per heavy atom. The molecule has 0 radical (unpaired) electrons. The van der Waals surface area contributed by atoms with Crippen molar-refractivity contribution in [3.63, 3.8) is 0 Å². The lowest BCUT2D eigenvalue weighted by Gasteiger charge is -2.22. The molecular weight excluding hydrogens is 349 g/mol. The molecule has 1 aromatic heterocycles. The molecule has 136 valence electrons. The monoisotopic (exact) mass is 371 g/mol. The number of nitrogens with zero attached hydrogens (tertiary/aromatic N) is 1. The SMILES string of the molecule is CCCCNC1C=C(c2cc(C)cnc2-c2cc(Cl)ccc2F)C=CN1. The number of hydrogen-bond acceptors (Lipinski definition) is 3. The van der Waals surface area contributed by atoms with Gasteiger partial charge in [-0.05, 0) is 73.6 Å². The predicted molar refractivity (Wildman–Crippen MR) is 106 cm³/mol. The molecule has 2 N–H and O–H groups in total. The molecule has 1 aliphatic rings. The summed E-state index contributed by atoms with van der Waals surface area (Å²) in [6.45, 7) is 5.09. The Balaban J connectivity index is 2.00. The Bertz CT molecular complexity index is 845. The van der Waals surface area contributed by atoms with E-state index in [0.717, 1.165) is 36.1 Å². The average Bonchev–Trinajstić information content (AvgIpc) is 2.64. The molecule has 0 aliphatic carbocycles. The summed E-state index contributed by atoms with van der Waals surface area (Å²) in [6, 6.07) is 6.59. The van der Waals surface area contributed by atoms with Crippen LogP contribution in [0.4, 0.5) is 4.39 Å². The van der Waals surface area contributed by atoms with Gasteiger partial charge in [-0.3, -0.25) is 10.3 Å². The fourth-order valence-corrected chi connectivity index (χ4v) is 3.11. The molecule has 1 atom stereocenters. The van der Waals surface area contributed by atoms with Crippen LogP contribution >= 0.6 is 11.6 Å². The van der Waals surface area contributed by atoms with Gasteiger partial charge >= 0.3 is 0 Å². The summed E-state index contributed by atoms with van der Waals surface area (Å²) >= 11 is 6.09. The van der Waals surface area contributed by atoms with Crippen LogP contribution in [-0.2, 0) is 0 Å². The molecule has 2 aromatic rings. The molecule has 3 nitrogen and oxygen atoms in total. The summed E-state index contributed by atoms with van der Waals surface area (Å²) < 4.78 is 14.4. The highest BCUT2D eigenvalue weighted by molar-refractivity contribution is 6.30. The van der Waals surface area contributed by atoms with Crippen LogP contribution in [0.25, 0.3) is 16.8 Å². The van der Waals surface area contributed by atoms with Gasteiger partial charge in [-0.15, -0.1) is 0 Å². The van der Waals surface area contributed by atoms with E-state index >= 15 is 0 Å². The zero-order valence-corrected chi connectivity index (χ0v) is 15.8. The topological polar surface area (TPSA) is 37.0 Å². The summed E-state index contributed by atoms with van der Waals surface area (Å²) in [5, 5.41) is 7.24. The van der Waals surface area contributed by atoms with Crippen LogP contribution in [-0.4, -0.2) is 17.7 Å². The lowest BCUT2D eigenvalue weighted by molar-refractivity contribution is 0.533. The number of rotatable bonds is 6. The Labute approximate surface area is 159 Å². The minimum absolute atomic E-state index is 0.0409. The first-order chi connectivity index (χ1) is 12.6. The molecule has 0 spiro atoms. The Morgan fingerprint density at radius 1 is 1.27 bits per heavy atom. The van der Waals surface area contributed by atoms with Crippen molar-refractivity contribution in [3.05, 3.63) is 70.8 Å². The number of nitrogens with one attached hydrogen (secondary N) is 2. The minimum atomic E-state index is -0.330. The van der Waals surface area contributed by atoms with Gasteiger partial charge < -0.3 is 5.32 Å². The second-order valence-corrected chi connectivity index (χ2v) is 6.88. The first-order valence-corrected chi connectivity index (χ1v) is 9.26. The molecule has 5 heteroatoms. The van der Waals surface area contributed by atoms with Crippen LogP contribution in [0.1, 0.15) is 30.9 Å². The minimum Gasteiger partial charge on any atom is -0.372 e. The number of benzene rings is 1. The number of aromatic nitrogens is 1. The Hall–Kier alpha value is -2.17. The van der Waals surface area contributed by atoms with Crippen molar-refractivity contribution in [3.8, 4) is 11.3 Å². The van der Waals surface area contributed by atoms with Gasteiger partial charge in [0.2, 0.25) is 0 Å². The van der Waals surface area contributed by atoms with Gasteiger partial charge in [0.25, 0.3) is 0 Å². The molecule has 1 aliphatic heterocycles. The van der Waals surface area contributed by atoms with Gasteiger partial charge in [-0.25, -0.2) is 4.39 Å². The van der Waals surface area contributed by atoms with Gasteiger partial charge in [-0.2, -0.15) is 0 Å². The van der Waals surface area contributed by atoms with Crippen molar-refractivity contribution in [1.82, 2.24) is 15.6 Å². The van der Waals surface area contributed by atoms with Crippen LogP contribution in [0.15, 0.2) is 48.8 Å². The first-order valence-electron chi connectivity index (χ1n) is 8.88. The quantitative estimate of drug-likeness (QED) is 0.696. The van der Waals surface area contributed by atoms with E-state index in [1.807, 2.05) is 25.3 Å². The maximum Gasteiger partial charge on any atom is 0.132 e. The lowest BCUT2D eigenvalue weighted by atomic mass is 9.96. The second kappa shape index (κ2) is 8.47. The highest BCUT2D eigenvalue weighted by Gasteiger charge is 2.17. The molecular formula is C21H23ClFN3. The number of halogens is 2. The zero-order valence-electron chi connectivity index (χ0n) is 15.0. The molecule has 26 heavy (non-hydrogen) atoms. The maximum absolute atomic E-state index is 14.4. The fourth-order valence-electron chi connectivity index (χ4n) is 2.94. The van der Waals surface area contributed by atoms with Crippen LogP contribution in [0.5, 0.6) is 0 Å². The first kappa shape index (κ1) is 18.6. The van der Waals surface area contributed by atoms with E-state index in [-0.39, 0.29) is 12.0 Å². The van der Waals surface area contributed by atoms with Crippen molar-refractivity contribution < 1.29 is 4.39 Å². The fraction of sp³-hybridized carbons (Fsp3) is 0.286. The lowest BCUT2D eigenvalue weighted by Crippen LogP contribution is -2.39. The molecule has 1 unspecified atom stereocenters. The van der Waals surface area contributed by atoms with Gasteiger partial charge in [0.15, 0.2) is 0 Å². The van der Waals surface area contributed by atoms with E-state index in [4.69, 9.17) is 11.6 Å². The number of aryl methyl sites for hydroxylation is 1. The van der Waals surface area contributed by atoms with Crippen molar-refractivity contribution >= 4 is 17.2 Å². The van der Waals surface area contributed by atoms with Gasteiger partial charge in [0.05, 0.1) is 11.9 Å². The van der Waals surface area contributed by atoms with Crippen LogP contribution < -0.4 is 10.6 Å². The molecule has 0 bridgehead atoms. The van der Waals surface area contributed by atoms with Gasteiger partial charge in [0, 0.05) is 22.3 Å². The summed E-state index contributed by atoms with van der Waals surface area (Å²) in [5.74, 6) is -0.330. The molecule has 3 rings (SSSR count). The van der Waals surface area contributed by atoms with E-state index in [1.54, 1.807) is 18.3 Å². The molecule has 1 aromatic carbocycles. The third-order valence-corrected chi connectivity index (χ3v) is 4.53. The van der Waals surface area contributed by atoms with Crippen molar-refractivity contribution in [2.24, 2.45) is 0 Å². The molecule has 0 saturated carbocycles. The largest absolute Gasteiger partial charge is 0.372 e. The zero-order chi connectivity index (χ0) is 18.5. The smallest absolute Gasteiger partial charge is 0.132 e. The second-order valence-electron chi connectivity index (χ2n) is 6.44. The van der Waals surface area contributed by atoms with E-state index in [1.165, 1.54) is 6.07 Å². The Morgan fingerprint density at radius 3 is 2.92 bits per heavy atom. The average molecular weight is 372 g/mol. The summed E-state index contributed by atoms with van der Waals surface area (Å²) in [7, 11) is 0. The van der Waals surface area contributed by atoms with Gasteiger partial charge in [0.1, 0.15) is 5.82 Å². The van der Waals surface area contributed by atoms with E-state index in [0.29, 0.717) is 16.3 Å². The number of pyridine rings is 1. The number of dihydropyridines is 1. The third kappa shape index (κ3) is 4.32. The number of unbranched alkanes of at least 4 members (excludes halogenated alkanes) is 1. The third-order valence-electron chi connectivity index (χ3n) is 4.30. The summed E-state index contributed by atoms with van der Waals surface area (Å²) in [4.78, 5) is 4.51. The van der Waals surface area contributed by atoms with E-state index in [2.05, 4.69) is 28.6 Å². The molecule has 0 saturated heterocycles. The van der Waals surface area contributed by atoms with E-state index in [9.17, 15) is 4.39 Å². The highest BCUT2D eigenvalue weighted by Crippen LogP contribution is 2.32. The highest BCUT2D eigenvalue weighted by atomic mass is 35.5. The molecule has 2 heterocycles. The summed E-state index contributed by atoms with van der Waals surface area (Å²) in [6.07, 6.45) is 10.1. The maximum atomic E-state index is 14.4.